The molecule has 0 bridgehead atoms. The highest BCUT2D eigenvalue weighted by Crippen LogP contribution is 2.88. The fourth-order valence-corrected chi connectivity index (χ4v) is 5.90. The number of nitrogens with zero attached hydrogens (tertiary/aromatic N) is 2. The summed E-state index contributed by atoms with van der Waals surface area (Å²) < 4.78 is 0.654. The van der Waals surface area contributed by atoms with Crippen LogP contribution in [-0.4, -0.2) is 4.32 Å². The van der Waals surface area contributed by atoms with Gasteiger partial charge in [-0.25, -0.2) is 0 Å². The minimum Gasteiger partial charge on any atom is -0.193 e. The van der Waals surface area contributed by atoms with Crippen LogP contribution < -0.4 is 0 Å². The lowest BCUT2D eigenvalue weighted by Crippen LogP contribution is -2.24. The van der Waals surface area contributed by atoms with Crippen LogP contribution in [0.25, 0.3) is 0 Å². The van der Waals surface area contributed by atoms with E-state index in [4.69, 9.17) is 0 Å². The van der Waals surface area contributed by atoms with Gasteiger partial charge in [0.2, 0.25) is 0 Å². The van der Waals surface area contributed by atoms with E-state index in [2.05, 4.69) is 57.8 Å². The van der Waals surface area contributed by atoms with Crippen molar-refractivity contribution in [2.45, 2.75) is 18.2 Å². The lowest BCUT2D eigenvalue weighted by atomic mass is 9.79. The van der Waals surface area contributed by atoms with Crippen LogP contribution >= 0.6 is 31.9 Å². The number of rotatable bonds is 0. The van der Waals surface area contributed by atoms with E-state index in [-0.39, 0.29) is 21.1 Å². The minimum absolute atomic E-state index is 0.0606. The number of allylic oxidation sites excluding steroid dienone is 4. The van der Waals surface area contributed by atoms with Crippen LogP contribution in [0, 0.1) is 39.4 Å². The van der Waals surface area contributed by atoms with Crippen molar-refractivity contribution in [3.05, 3.63) is 21.7 Å². The van der Waals surface area contributed by atoms with Gasteiger partial charge in [0.1, 0.15) is 0 Å². The highest BCUT2D eigenvalue weighted by Gasteiger charge is 2.88. The molecule has 4 atom stereocenters. The van der Waals surface area contributed by atoms with Gasteiger partial charge in [-0.3, -0.25) is 0 Å². The van der Waals surface area contributed by atoms with Gasteiger partial charge in [-0.2, -0.15) is 10.5 Å². The third-order valence-electron chi connectivity index (χ3n) is 4.77. The zero-order valence-corrected chi connectivity index (χ0v) is 12.0. The molecule has 3 rings (SSSR count). The Morgan fingerprint density at radius 1 is 1.31 bits per heavy atom. The van der Waals surface area contributed by atoms with Crippen LogP contribution in [-0.2, 0) is 0 Å². The summed E-state index contributed by atoms with van der Waals surface area (Å²) in [7, 11) is 0. The van der Waals surface area contributed by atoms with E-state index >= 15 is 0 Å². The number of halogens is 2. The lowest BCUT2D eigenvalue weighted by Gasteiger charge is -2.28. The Bertz CT molecular complexity index is 577. The summed E-state index contributed by atoms with van der Waals surface area (Å²) in [5, 5.41) is 18.4. The van der Waals surface area contributed by atoms with Gasteiger partial charge in [0.05, 0.1) is 16.5 Å². The molecule has 4 unspecified atom stereocenters. The Hall–Kier alpha value is -0.580. The van der Waals surface area contributed by atoms with Crippen molar-refractivity contribution < 1.29 is 0 Å². The van der Waals surface area contributed by atoms with Gasteiger partial charge in [0.15, 0.2) is 0 Å². The molecule has 4 heteroatoms. The molecule has 1 fully saturated rings. The van der Waals surface area contributed by atoms with Crippen LogP contribution in [0.2, 0.25) is 0 Å². The highest BCUT2D eigenvalue weighted by molar-refractivity contribution is 9.12. The molecule has 0 aromatic rings. The molecule has 2 nitrogen and oxygen atoms in total. The van der Waals surface area contributed by atoms with Crippen molar-refractivity contribution >= 4 is 31.9 Å². The predicted molar refractivity (Wildman–Crippen MR) is 66.6 cm³/mol. The number of hydrogen-bond acceptors (Lipinski definition) is 2. The molecule has 0 aromatic heterocycles. The molecule has 80 valence electrons. The van der Waals surface area contributed by atoms with Gasteiger partial charge in [-0.05, 0) is 0 Å². The van der Waals surface area contributed by atoms with E-state index in [1.54, 1.807) is 0 Å². The second kappa shape index (κ2) is 2.47. The molecule has 0 aromatic carbocycles. The number of alkyl halides is 1. The normalized spacial score (nSPS) is 51.9. The molecule has 0 amide bonds. The monoisotopic (exact) mass is 338 g/mol. The molecular formula is C12H8Br2N2. The predicted octanol–water partition coefficient (Wildman–Crippen LogP) is 3.41. The Balaban J connectivity index is 2.32. The maximum absolute atomic E-state index is 9.23. The van der Waals surface area contributed by atoms with Gasteiger partial charge in [-0.15, -0.1) is 0 Å². The Morgan fingerprint density at radius 2 is 1.94 bits per heavy atom. The summed E-state index contributed by atoms with van der Waals surface area (Å²) in [6.07, 6.45) is 2.01. The molecule has 3 aliphatic carbocycles. The topological polar surface area (TPSA) is 47.6 Å². The first-order valence-corrected chi connectivity index (χ1v) is 6.60. The quantitative estimate of drug-likeness (QED) is 0.635. The van der Waals surface area contributed by atoms with Gasteiger partial charge < -0.3 is 0 Å². The smallest absolute Gasteiger partial charge is 0.0959 e. The van der Waals surface area contributed by atoms with E-state index in [0.717, 1.165) is 15.6 Å². The van der Waals surface area contributed by atoms with Crippen molar-refractivity contribution in [1.29, 1.82) is 10.5 Å². The lowest BCUT2D eigenvalue weighted by molar-refractivity contribution is 0.335. The minimum atomic E-state index is -0.300. The van der Waals surface area contributed by atoms with Gasteiger partial charge in [0.25, 0.3) is 0 Å². The van der Waals surface area contributed by atoms with E-state index in [1.807, 2.05) is 6.08 Å². The zero-order valence-electron chi connectivity index (χ0n) is 8.81. The molecule has 1 saturated carbocycles. The van der Waals surface area contributed by atoms with Crippen molar-refractivity contribution in [3.63, 3.8) is 0 Å². The standard InChI is InChI=1S/C12H8Br2N2/c1-10-3-6(4-15)12(14)8(11(10,12)2)7(5-16)9(10)13/h3,8H,1-2H3. The summed E-state index contributed by atoms with van der Waals surface area (Å²) in [6, 6.07) is 4.56. The zero-order chi connectivity index (χ0) is 11.9. The molecule has 0 radical (unpaired) electrons. The van der Waals surface area contributed by atoms with Crippen molar-refractivity contribution in [3.8, 4) is 12.1 Å². The van der Waals surface area contributed by atoms with Crippen molar-refractivity contribution in [2.75, 3.05) is 0 Å². The first kappa shape index (κ1) is 10.6. The molecule has 0 aliphatic heterocycles. The van der Waals surface area contributed by atoms with E-state index < -0.39 is 0 Å². The average molecular weight is 340 g/mol. The van der Waals surface area contributed by atoms with Crippen LogP contribution in [0.3, 0.4) is 0 Å². The fraction of sp³-hybridized carbons (Fsp3) is 0.500. The molecule has 0 spiro atoms. The first-order valence-electron chi connectivity index (χ1n) is 5.02. The van der Waals surface area contributed by atoms with Gasteiger partial charge in [0, 0.05) is 32.4 Å². The molecule has 3 aliphatic rings. The molecule has 0 N–H and O–H groups in total. The Kier molecular flexibility index (Phi) is 1.63. The molecule has 0 saturated heterocycles. The van der Waals surface area contributed by atoms with Crippen LogP contribution in [0.4, 0.5) is 0 Å². The van der Waals surface area contributed by atoms with Crippen LogP contribution in [0.1, 0.15) is 13.8 Å². The largest absolute Gasteiger partial charge is 0.193 e. The third-order valence-corrected chi connectivity index (χ3v) is 7.73. The molecular weight excluding hydrogens is 332 g/mol. The second-order valence-electron chi connectivity index (χ2n) is 5.06. The summed E-state index contributed by atoms with van der Waals surface area (Å²) in [6.45, 7) is 4.25. The van der Waals surface area contributed by atoms with Gasteiger partial charge >= 0.3 is 0 Å². The molecule has 16 heavy (non-hydrogen) atoms. The summed E-state index contributed by atoms with van der Waals surface area (Å²) in [5.41, 5.74) is 1.29. The summed E-state index contributed by atoms with van der Waals surface area (Å²) >= 11 is 7.25. The van der Waals surface area contributed by atoms with E-state index in [0.29, 0.717) is 0 Å². The maximum atomic E-state index is 9.23. The second-order valence-corrected chi connectivity index (χ2v) is 7.10. The number of hydrogen-bond donors (Lipinski definition) is 0. The molecule has 0 heterocycles. The number of nitriles is 2. The maximum Gasteiger partial charge on any atom is 0.0959 e. The summed E-state index contributed by atoms with van der Waals surface area (Å²) in [5.74, 6) is 0.143. The van der Waals surface area contributed by atoms with Crippen LogP contribution in [0.5, 0.6) is 0 Å². The Labute approximate surface area is 111 Å². The SMILES string of the molecule is CC12C=C(C#N)C3(Br)C(C(C#N)=C1Br)C23C. The number of fused-ring (bicyclic) bond motifs is 1. The van der Waals surface area contributed by atoms with Crippen molar-refractivity contribution in [1.82, 2.24) is 0 Å². The highest BCUT2D eigenvalue weighted by atomic mass is 79.9. The average Bonchev–Trinajstić information content (AvgIpc) is 2.64. The first-order chi connectivity index (χ1) is 7.39. The van der Waals surface area contributed by atoms with E-state index in [1.165, 1.54) is 0 Å². The van der Waals surface area contributed by atoms with Crippen molar-refractivity contribution in [2.24, 2.45) is 16.7 Å². The van der Waals surface area contributed by atoms with Crippen LogP contribution in [0.15, 0.2) is 21.7 Å². The van der Waals surface area contributed by atoms with Gasteiger partial charge in [-0.1, -0.05) is 51.8 Å². The Morgan fingerprint density at radius 3 is 2.38 bits per heavy atom. The fourth-order valence-electron chi connectivity index (χ4n) is 3.64. The third kappa shape index (κ3) is 0.650. The van der Waals surface area contributed by atoms with E-state index in [9.17, 15) is 10.5 Å². The summed E-state index contributed by atoms with van der Waals surface area (Å²) in [4.78, 5) is 0.